The number of hydrogen-bond acceptors (Lipinski definition) is 5. The molecule has 0 saturated carbocycles. The van der Waals surface area contributed by atoms with Crippen molar-refractivity contribution in [1.29, 1.82) is 0 Å². The third-order valence-corrected chi connectivity index (χ3v) is 4.34. The number of ether oxygens (including phenoxy) is 1. The van der Waals surface area contributed by atoms with Crippen LogP contribution in [-0.2, 0) is 9.53 Å². The smallest absolute Gasteiger partial charge is 0.411 e. The predicted molar refractivity (Wildman–Crippen MR) is 99.9 cm³/mol. The van der Waals surface area contributed by atoms with Crippen molar-refractivity contribution in [2.24, 2.45) is 0 Å². The lowest BCUT2D eigenvalue weighted by Crippen LogP contribution is -2.28. The summed E-state index contributed by atoms with van der Waals surface area (Å²) in [5, 5.41) is 13.2. The topological polar surface area (TPSA) is 102 Å². The second kappa shape index (κ2) is 7.45. The van der Waals surface area contributed by atoms with E-state index in [2.05, 4.69) is 5.32 Å². The zero-order valence-electron chi connectivity index (χ0n) is 15.0. The third-order valence-electron chi connectivity index (χ3n) is 4.34. The Hall–Kier alpha value is -3.42. The highest BCUT2D eigenvalue weighted by Gasteiger charge is 2.34. The number of nitro benzene ring substituents is 1. The molecule has 0 bridgehead atoms. The molecule has 0 radical (unpaired) electrons. The van der Waals surface area contributed by atoms with Gasteiger partial charge in [-0.15, -0.1) is 0 Å². The van der Waals surface area contributed by atoms with E-state index in [0.29, 0.717) is 5.69 Å². The second-order valence-electron chi connectivity index (χ2n) is 6.45. The lowest BCUT2D eigenvalue weighted by Gasteiger charge is -2.19. The zero-order chi connectivity index (χ0) is 19.6. The Balaban J connectivity index is 1.61. The first-order chi connectivity index (χ1) is 12.8. The van der Waals surface area contributed by atoms with Gasteiger partial charge in [-0.05, 0) is 43.2 Å². The van der Waals surface area contributed by atoms with Crippen LogP contribution < -0.4 is 10.2 Å². The van der Waals surface area contributed by atoms with Crippen LogP contribution in [0.2, 0.25) is 0 Å². The van der Waals surface area contributed by atoms with Crippen molar-refractivity contribution in [1.82, 2.24) is 0 Å². The number of benzene rings is 2. The molecule has 0 aliphatic carbocycles. The van der Waals surface area contributed by atoms with E-state index >= 15 is 0 Å². The van der Waals surface area contributed by atoms with Gasteiger partial charge in [-0.1, -0.05) is 12.1 Å². The minimum Gasteiger partial charge on any atom is -0.444 e. The molecule has 1 fully saturated rings. The van der Waals surface area contributed by atoms with E-state index in [1.54, 1.807) is 4.90 Å². The SMILES string of the molecule is Cc1ccc(C)c(N2CC(OC(=O)Nc3ccc([N+](=O)[O-])cc3)CC2=O)c1. The summed E-state index contributed by atoms with van der Waals surface area (Å²) in [6, 6.07) is 11.3. The van der Waals surface area contributed by atoms with E-state index < -0.39 is 17.1 Å². The van der Waals surface area contributed by atoms with E-state index in [-0.39, 0.29) is 24.6 Å². The molecule has 140 valence electrons. The number of rotatable bonds is 4. The molecule has 1 atom stereocenters. The van der Waals surface area contributed by atoms with Crippen molar-refractivity contribution < 1.29 is 19.2 Å². The number of carbonyl (C=O) groups excluding carboxylic acids is 2. The number of anilines is 2. The second-order valence-corrected chi connectivity index (χ2v) is 6.45. The Bertz CT molecular complexity index is 895. The highest BCUT2D eigenvalue weighted by molar-refractivity contribution is 5.97. The van der Waals surface area contributed by atoms with Gasteiger partial charge in [0.05, 0.1) is 17.9 Å². The molecule has 1 aliphatic rings. The van der Waals surface area contributed by atoms with Gasteiger partial charge < -0.3 is 9.64 Å². The first-order valence-corrected chi connectivity index (χ1v) is 8.43. The number of nitrogens with one attached hydrogen (secondary N) is 1. The monoisotopic (exact) mass is 369 g/mol. The minimum atomic E-state index is -0.704. The van der Waals surface area contributed by atoms with Crippen molar-refractivity contribution in [2.45, 2.75) is 26.4 Å². The molecule has 2 aromatic rings. The molecule has 0 aromatic heterocycles. The fraction of sp³-hybridized carbons (Fsp3) is 0.263. The molecule has 1 aliphatic heterocycles. The van der Waals surface area contributed by atoms with E-state index in [1.807, 2.05) is 32.0 Å². The van der Waals surface area contributed by atoms with Gasteiger partial charge in [-0.25, -0.2) is 4.79 Å². The van der Waals surface area contributed by atoms with Crippen LogP contribution in [0.4, 0.5) is 21.9 Å². The van der Waals surface area contributed by atoms with Gasteiger partial charge in [0.25, 0.3) is 5.69 Å². The van der Waals surface area contributed by atoms with Gasteiger partial charge >= 0.3 is 6.09 Å². The first-order valence-electron chi connectivity index (χ1n) is 8.43. The van der Waals surface area contributed by atoms with Crippen molar-refractivity contribution >= 4 is 29.1 Å². The molecule has 2 aromatic carbocycles. The van der Waals surface area contributed by atoms with Crippen LogP contribution in [0.1, 0.15) is 17.5 Å². The highest BCUT2D eigenvalue weighted by atomic mass is 16.6. The maximum absolute atomic E-state index is 12.3. The van der Waals surface area contributed by atoms with Crippen LogP contribution in [0.15, 0.2) is 42.5 Å². The standard InChI is InChI=1S/C19H19N3O5/c1-12-3-4-13(2)17(9-12)21-11-16(10-18(21)23)27-19(24)20-14-5-7-15(8-6-14)22(25)26/h3-9,16H,10-11H2,1-2H3,(H,20,24). The van der Waals surface area contributed by atoms with Crippen molar-refractivity contribution in [3.8, 4) is 0 Å². The molecule has 2 amide bonds. The van der Waals surface area contributed by atoms with Crippen LogP contribution in [0.3, 0.4) is 0 Å². The average molecular weight is 369 g/mol. The maximum Gasteiger partial charge on any atom is 0.411 e. The number of nitrogens with zero attached hydrogens (tertiary/aromatic N) is 2. The van der Waals surface area contributed by atoms with Crippen molar-refractivity contribution in [3.05, 3.63) is 63.7 Å². The van der Waals surface area contributed by atoms with Crippen molar-refractivity contribution in [3.63, 3.8) is 0 Å². The molecule has 1 heterocycles. The largest absolute Gasteiger partial charge is 0.444 e. The summed E-state index contributed by atoms with van der Waals surface area (Å²) >= 11 is 0. The number of carbonyl (C=O) groups is 2. The number of nitro groups is 1. The summed E-state index contributed by atoms with van der Waals surface area (Å²) in [5.74, 6) is -0.100. The Morgan fingerprint density at radius 1 is 1.22 bits per heavy atom. The Morgan fingerprint density at radius 2 is 1.93 bits per heavy atom. The van der Waals surface area contributed by atoms with Gasteiger partial charge in [-0.3, -0.25) is 20.2 Å². The third kappa shape index (κ3) is 4.22. The fourth-order valence-corrected chi connectivity index (χ4v) is 2.96. The maximum atomic E-state index is 12.3. The lowest BCUT2D eigenvalue weighted by atomic mass is 10.1. The van der Waals surface area contributed by atoms with Crippen LogP contribution in [0, 0.1) is 24.0 Å². The molecule has 1 saturated heterocycles. The summed E-state index contributed by atoms with van der Waals surface area (Å²) in [6.45, 7) is 4.17. The lowest BCUT2D eigenvalue weighted by molar-refractivity contribution is -0.384. The number of hydrogen-bond donors (Lipinski definition) is 1. The average Bonchev–Trinajstić information content (AvgIpc) is 2.97. The molecule has 3 rings (SSSR count). The first kappa shape index (κ1) is 18.4. The normalized spacial score (nSPS) is 16.3. The molecule has 1 unspecified atom stereocenters. The summed E-state index contributed by atoms with van der Waals surface area (Å²) in [5.41, 5.74) is 3.15. The fourth-order valence-electron chi connectivity index (χ4n) is 2.96. The van der Waals surface area contributed by atoms with Gasteiger partial charge in [0.15, 0.2) is 0 Å². The van der Waals surface area contributed by atoms with Crippen molar-refractivity contribution in [2.75, 3.05) is 16.8 Å². The predicted octanol–water partition coefficient (Wildman–Crippen LogP) is 3.57. The Labute approximate surface area is 155 Å². The van der Waals surface area contributed by atoms with Gasteiger partial charge in [0.1, 0.15) is 6.10 Å². The van der Waals surface area contributed by atoms with Gasteiger partial charge in [0.2, 0.25) is 5.91 Å². The van der Waals surface area contributed by atoms with Gasteiger partial charge in [0, 0.05) is 23.5 Å². The van der Waals surface area contributed by atoms with Gasteiger partial charge in [-0.2, -0.15) is 0 Å². The number of aryl methyl sites for hydroxylation is 2. The number of amides is 2. The van der Waals surface area contributed by atoms with E-state index in [9.17, 15) is 19.7 Å². The van der Waals surface area contributed by atoms with E-state index in [4.69, 9.17) is 4.74 Å². The molecule has 0 spiro atoms. The summed E-state index contributed by atoms with van der Waals surface area (Å²) in [6.07, 6.45) is -1.15. The van der Waals surface area contributed by atoms with E-state index in [1.165, 1.54) is 24.3 Å². The number of non-ortho nitro benzene ring substituents is 1. The quantitative estimate of drug-likeness (QED) is 0.656. The molecule has 1 N–H and O–H groups in total. The molecular formula is C19H19N3O5. The van der Waals surface area contributed by atoms with Crippen LogP contribution >= 0.6 is 0 Å². The Morgan fingerprint density at radius 3 is 2.59 bits per heavy atom. The molecule has 8 heteroatoms. The van der Waals surface area contributed by atoms with E-state index in [0.717, 1.165) is 16.8 Å². The highest BCUT2D eigenvalue weighted by Crippen LogP contribution is 2.27. The van der Waals surface area contributed by atoms with Crippen LogP contribution in [0.25, 0.3) is 0 Å². The minimum absolute atomic E-state index is 0.0699. The molecule has 27 heavy (non-hydrogen) atoms. The molecular weight excluding hydrogens is 350 g/mol. The molecule has 8 nitrogen and oxygen atoms in total. The Kier molecular flexibility index (Phi) is 5.07. The van der Waals surface area contributed by atoms with Crippen LogP contribution in [0.5, 0.6) is 0 Å². The zero-order valence-corrected chi connectivity index (χ0v) is 15.0. The summed E-state index contributed by atoms with van der Waals surface area (Å²) in [4.78, 5) is 36.2. The van der Waals surface area contributed by atoms with Crippen LogP contribution in [-0.4, -0.2) is 29.6 Å². The summed E-state index contributed by atoms with van der Waals surface area (Å²) < 4.78 is 5.34. The summed E-state index contributed by atoms with van der Waals surface area (Å²) in [7, 11) is 0.